The van der Waals surface area contributed by atoms with Crippen LogP contribution in [0, 0.1) is 12.7 Å². The Hall–Kier alpha value is -2.12. The summed E-state index contributed by atoms with van der Waals surface area (Å²) in [6, 6.07) is 5.02. The summed E-state index contributed by atoms with van der Waals surface area (Å²) in [6.07, 6.45) is 2.01. The molecule has 1 amide bonds. The lowest BCUT2D eigenvalue weighted by Crippen LogP contribution is -2.48. The molecule has 1 aliphatic rings. The Morgan fingerprint density at radius 3 is 2.62 bits per heavy atom. The van der Waals surface area contributed by atoms with Crippen molar-refractivity contribution in [2.45, 2.75) is 39.8 Å². The fourth-order valence-electron chi connectivity index (χ4n) is 3.59. The van der Waals surface area contributed by atoms with Gasteiger partial charge in [-0.15, -0.1) is 0 Å². The highest BCUT2D eigenvalue weighted by molar-refractivity contribution is 6.33. The number of aromatic nitrogens is 2. The number of rotatable bonds is 7. The monoisotopic (exact) mass is 422 g/mol. The molecule has 1 aliphatic heterocycles. The normalized spacial score (nSPS) is 15.0. The fourth-order valence-corrected chi connectivity index (χ4v) is 3.93. The summed E-state index contributed by atoms with van der Waals surface area (Å²) in [5.41, 5.74) is 2.07. The van der Waals surface area contributed by atoms with E-state index in [1.54, 1.807) is 10.7 Å². The molecule has 1 aromatic heterocycles. The van der Waals surface area contributed by atoms with E-state index in [0.29, 0.717) is 36.0 Å². The zero-order valence-corrected chi connectivity index (χ0v) is 18.0. The Balaban J connectivity index is 1.60. The fraction of sp³-hybridized carbons (Fsp3) is 0.524. The molecule has 0 N–H and O–H groups in total. The third kappa shape index (κ3) is 4.90. The van der Waals surface area contributed by atoms with Crippen LogP contribution in [0.1, 0.15) is 41.4 Å². The largest absolute Gasteiger partial charge is 0.494 e. The molecular formula is C21H28ClFN4O2. The Bertz CT molecular complexity index is 863. The van der Waals surface area contributed by atoms with Crippen molar-refractivity contribution >= 4 is 17.5 Å². The average molecular weight is 423 g/mol. The molecule has 2 heterocycles. The molecular weight excluding hydrogens is 395 g/mol. The quantitative estimate of drug-likeness (QED) is 0.681. The number of piperazine rings is 1. The number of halogens is 2. The highest BCUT2D eigenvalue weighted by atomic mass is 35.5. The van der Waals surface area contributed by atoms with Gasteiger partial charge in [-0.1, -0.05) is 31.0 Å². The number of nitrogens with zero attached hydrogens (tertiary/aromatic N) is 4. The van der Waals surface area contributed by atoms with Gasteiger partial charge >= 0.3 is 0 Å². The van der Waals surface area contributed by atoms with Crippen molar-refractivity contribution in [1.82, 2.24) is 19.6 Å². The SMILES string of the molecule is CCCCn1nc(C)c(C(=O)N2CCN(Cc3ccc(OC)c(F)c3)CC2)c1Cl. The molecule has 0 unspecified atom stereocenters. The number of hydrogen-bond acceptors (Lipinski definition) is 4. The first-order valence-corrected chi connectivity index (χ1v) is 10.4. The average Bonchev–Trinajstić information content (AvgIpc) is 3.00. The molecule has 8 heteroatoms. The maximum Gasteiger partial charge on any atom is 0.258 e. The highest BCUT2D eigenvalue weighted by Gasteiger charge is 2.27. The molecule has 0 atom stereocenters. The van der Waals surface area contributed by atoms with Crippen molar-refractivity contribution in [1.29, 1.82) is 0 Å². The maximum atomic E-state index is 13.9. The number of unbranched alkanes of at least 4 members (excludes halogenated alkanes) is 1. The second-order valence-electron chi connectivity index (χ2n) is 7.37. The lowest BCUT2D eigenvalue weighted by Gasteiger charge is -2.34. The molecule has 6 nitrogen and oxygen atoms in total. The molecule has 29 heavy (non-hydrogen) atoms. The van der Waals surface area contributed by atoms with Gasteiger partial charge in [-0.2, -0.15) is 5.10 Å². The first kappa shape index (κ1) is 21.6. The van der Waals surface area contributed by atoms with Gasteiger partial charge in [0.25, 0.3) is 5.91 Å². The number of ether oxygens (including phenoxy) is 1. The topological polar surface area (TPSA) is 50.6 Å². The van der Waals surface area contributed by atoms with E-state index in [2.05, 4.69) is 16.9 Å². The third-order valence-corrected chi connectivity index (χ3v) is 5.67. The van der Waals surface area contributed by atoms with Crippen molar-refractivity contribution in [2.75, 3.05) is 33.3 Å². The second-order valence-corrected chi connectivity index (χ2v) is 7.72. The standard InChI is InChI=1S/C21H28ClFN4O2/c1-4-5-8-27-20(22)19(15(2)24-27)21(28)26-11-9-25(10-12-26)14-16-6-7-18(29-3)17(23)13-16/h6-7,13H,4-5,8-12,14H2,1-3H3. The lowest BCUT2D eigenvalue weighted by molar-refractivity contribution is 0.0627. The van der Waals surface area contributed by atoms with Gasteiger partial charge in [0.2, 0.25) is 0 Å². The van der Waals surface area contributed by atoms with Gasteiger partial charge < -0.3 is 9.64 Å². The van der Waals surface area contributed by atoms with Crippen LogP contribution in [0.3, 0.4) is 0 Å². The molecule has 1 saturated heterocycles. The molecule has 0 bridgehead atoms. The van der Waals surface area contributed by atoms with Gasteiger partial charge in [-0.05, 0) is 31.0 Å². The first-order valence-electron chi connectivity index (χ1n) is 10.0. The maximum absolute atomic E-state index is 13.9. The zero-order chi connectivity index (χ0) is 21.0. The number of benzene rings is 1. The highest BCUT2D eigenvalue weighted by Crippen LogP contribution is 2.23. The summed E-state index contributed by atoms with van der Waals surface area (Å²) in [4.78, 5) is 17.1. The number of aryl methyl sites for hydroxylation is 2. The van der Waals surface area contributed by atoms with Crippen molar-refractivity contribution in [2.24, 2.45) is 0 Å². The third-order valence-electron chi connectivity index (χ3n) is 5.28. The summed E-state index contributed by atoms with van der Waals surface area (Å²) >= 11 is 6.45. The summed E-state index contributed by atoms with van der Waals surface area (Å²) in [5, 5.41) is 4.87. The van der Waals surface area contributed by atoms with E-state index < -0.39 is 0 Å². The molecule has 0 spiro atoms. The van der Waals surface area contributed by atoms with Crippen LogP contribution < -0.4 is 4.74 Å². The zero-order valence-electron chi connectivity index (χ0n) is 17.3. The van der Waals surface area contributed by atoms with Gasteiger partial charge in [0.15, 0.2) is 11.6 Å². The Labute approximate surface area is 176 Å². The van der Waals surface area contributed by atoms with Crippen LogP contribution in [0.25, 0.3) is 0 Å². The van der Waals surface area contributed by atoms with E-state index in [9.17, 15) is 9.18 Å². The van der Waals surface area contributed by atoms with Crippen LogP contribution in [-0.4, -0.2) is 58.8 Å². The van der Waals surface area contributed by atoms with Gasteiger partial charge in [-0.25, -0.2) is 4.39 Å². The van der Waals surface area contributed by atoms with Gasteiger partial charge in [0, 0.05) is 39.3 Å². The van der Waals surface area contributed by atoms with Gasteiger partial charge in [0.05, 0.1) is 18.4 Å². The Kier molecular flexibility index (Phi) is 7.14. The molecule has 1 fully saturated rings. The van der Waals surface area contributed by atoms with Crippen molar-refractivity contribution < 1.29 is 13.9 Å². The van der Waals surface area contributed by atoms with Crippen molar-refractivity contribution in [3.63, 3.8) is 0 Å². The summed E-state index contributed by atoms with van der Waals surface area (Å²) in [7, 11) is 1.45. The number of hydrogen-bond donors (Lipinski definition) is 0. The lowest BCUT2D eigenvalue weighted by atomic mass is 10.1. The minimum absolute atomic E-state index is 0.0645. The van der Waals surface area contributed by atoms with Crippen LogP contribution in [0.4, 0.5) is 4.39 Å². The number of amides is 1. The molecule has 0 saturated carbocycles. The molecule has 1 aromatic carbocycles. The molecule has 0 radical (unpaired) electrons. The number of methoxy groups -OCH3 is 1. The minimum Gasteiger partial charge on any atom is -0.494 e. The van der Waals surface area contributed by atoms with E-state index in [4.69, 9.17) is 16.3 Å². The predicted molar refractivity (Wildman–Crippen MR) is 111 cm³/mol. The van der Waals surface area contributed by atoms with Crippen LogP contribution in [0.2, 0.25) is 5.15 Å². The summed E-state index contributed by atoms with van der Waals surface area (Å²) < 4.78 is 20.6. The van der Waals surface area contributed by atoms with E-state index in [1.165, 1.54) is 13.2 Å². The second kappa shape index (κ2) is 9.59. The molecule has 3 rings (SSSR count). The van der Waals surface area contributed by atoms with Gasteiger partial charge in [0.1, 0.15) is 5.15 Å². The molecule has 0 aliphatic carbocycles. The van der Waals surface area contributed by atoms with E-state index >= 15 is 0 Å². The predicted octanol–water partition coefficient (Wildman–Crippen LogP) is 3.75. The molecule has 2 aromatic rings. The van der Waals surface area contributed by atoms with Crippen LogP contribution >= 0.6 is 11.6 Å². The van der Waals surface area contributed by atoms with Crippen molar-refractivity contribution in [3.05, 3.63) is 46.0 Å². The van der Waals surface area contributed by atoms with E-state index in [-0.39, 0.29) is 17.5 Å². The summed E-state index contributed by atoms with van der Waals surface area (Å²) in [6.45, 7) is 7.94. The summed E-state index contributed by atoms with van der Waals surface area (Å²) in [5.74, 6) is -0.176. The van der Waals surface area contributed by atoms with Crippen LogP contribution in [-0.2, 0) is 13.1 Å². The Morgan fingerprint density at radius 2 is 2.00 bits per heavy atom. The van der Waals surface area contributed by atoms with Crippen LogP contribution in [0.5, 0.6) is 5.75 Å². The minimum atomic E-state index is -0.357. The van der Waals surface area contributed by atoms with E-state index in [0.717, 1.165) is 38.0 Å². The number of carbonyl (C=O) groups excluding carboxylic acids is 1. The van der Waals surface area contributed by atoms with E-state index in [1.807, 2.05) is 17.9 Å². The first-order chi connectivity index (χ1) is 13.9. The van der Waals surface area contributed by atoms with Crippen LogP contribution in [0.15, 0.2) is 18.2 Å². The van der Waals surface area contributed by atoms with Crippen molar-refractivity contribution in [3.8, 4) is 5.75 Å². The van der Waals surface area contributed by atoms with Gasteiger partial charge in [-0.3, -0.25) is 14.4 Å². The molecule has 158 valence electrons. The smallest absolute Gasteiger partial charge is 0.258 e. The Morgan fingerprint density at radius 1 is 1.28 bits per heavy atom. The number of carbonyl (C=O) groups is 1.